The lowest BCUT2D eigenvalue weighted by atomic mass is 10.0. The third-order valence-electron chi connectivity index (χ3n) is 5.52. The molecule has 2 heterocycles. The van der Waals surface area contributed by atoms with Crippen molar-refractivity contribution in [3.63, 3.8) is 0 Å². The number of amides is 6. The Morgan fingerprint density at radius 3 is 2.28 bits per heavy atom. The maximum atomic E-state index is 13.0. The summed E-state index contributed by atoms with van der Waals surface area (Å²) in [5.41, 5.74) is -0.0673. The van der Waals surface area contributed by atoms with Crippen LogP contribution < -0.4 is 20.7 Å². The van der Waals surface area contributed by atoms with E-state index < -0.39 is 54.3 Å². The summed E-state index contributed by atoms with van der Waals surface area (Å²) >= 11 is 0. The maximum absolute atomic E-state index is 13.0. The summed E-state index contributed by atoms with van der Waals surface area (Å²) in [5, 5.41) is 6.28. The molecule has 1 saturated heterocycles. The van der Waals surface area contributed by atoms with E-state index in [-0.39, 0.29) is 69.2 Å². The van der Waals surface area contributed by atoms with E-state index in [0.29, 0.717) is 0 Å². The normalized spacial score (nSPS) is 17.1. The molecule has 13 nitrogen and oxygen atoms in total. The van der Waals surface area contributed by atoms with E-state index in [2.05, 4.69) is 10.6 Å². The number of carbonyl (C=O) groups is 6. The van der Waals surface area contributed by atoms with Crippen LogP contribution in [-0.2, 0) is 28.7 Å². The molecule has 212 valence electrons. The number of fused-ring (bicyclic) bond motifs is 1. The number of benzene rings is 1. The number of hydrogen-bond donors (Lipinski definition) is 3. The van der Waals surface area contributed by atoms with Gasteiger partial charge in [-0.2, -0.15) is 13.2 Å². The van der Waals surface area contributed by atoms with Gasteiger partial charge in [0.15, 0.2) is 6.61 Å². The van der Waals surface area contributed by atoms with Gasteiger partial charge in [0.25, 0.3) is 17.7 Å². The topological polar surface area (TPSA) is 169 Å². The van der Waals surface area contributed by atoms with Crippen molar-refractivity contribution < 1.29 is 56.1 Å². The number of rotatable bonds is 13. The lowest BCUT2D eigenvalue weighted by molar-refractivity contribution is -0.173. The van der Waals surface area contributed by atoms with Crippen molar-refractivity contribution in [1.82, 2.24) is 20.9 Å². The number of ether oxygens (including phenoxy) is 3. The highest BCUT2D eigenvalue weighted by Crippen LogP contribution is 2.33. The third kappa shape index (κ3) is 7.73. The summed E-state index contributed by atoms with van der Waals surface area (Å²) in [7, 11) is 0. The molecule has 1 atom stereocenters. The molecule has 0 bridgehead atoms. The van der Waals surface area contributed by atoms with Crippen LogP contribution in [0.15, 0.2) is 18.2 Å². The van der Waals surface area contributed by atoms with Crippen LogP contribution in [0.25, 0.3) is 0 Å². The molecular formula is C23H25F3N4O9. The SMILES string of the molecule is O=C(COc1cccc2c1C(=O)N(C1CCC(=O)NC1=O)C2=O)NCCOCCOCCNC(=O)C(F)(F)F. The fourth-order valence-corrected chi connectivity index (χ4v) is 3.72. The first kappa shape index (κ1) is 29.5. The largest absolute Gasteiger partial charge is 0.483 e. The van der Waals surface area contributed by atoms with Gasteiger partial charge in [-0.15, -0.1) is 0 Å². The number of nitrogens with zero attached hydrogens (tertiary/aromatic N) is 1. The van der Waals surface area contributed by atoms with Crippen LogP contribution in [0.2, 0.25) is 0 Å². The van der Waals surface area contributed by atoms with Gasteiger partial charge in [-0.1, -0.05) is 6.07 Å². The number of imide groups is 2. The quantitative estimate of drug-likeness (QED) is 0.209. The molecule has 2 aliphatic heterocycles. The van der Waals surface area contributed by atoms with Crippen LogP contribution >= 0.6 is 0 Å². The van der Waals surface area contributed by atoms with Crippen molar-refractivity contribution >= 4 is 35.4 Å². The number of piperidine rings is 1. The number of hydrogen-bond acceptors (Lipinski definition) is 9. The fraction of sp³-hybridized carbons (Fsp3) is 0.478. The van der Waals surface area contributed by atoms with Gasteiger partial charge >= 0.3 is 12.1 Å². The predicted octanol–water partition coefficient (Wildman–Crippen LogP) is -0.705. The van der Waals surface area contributed by atoms with Crippen molar-refractivity contribution in [2.24, 2.45) is 0 Å². The Labute approximate surface area is 219 Å². The van der Waals surface area contributed by atoms with Gasteiger partial charge < -0.3 is 24.8 Å². The van der Waals surface area contributed by atoms with Gasteiger partial charge in [0.05, 0.1) is 37.6 Å². The highest BCUT2D eigenvalue weighted by molar-refractivity contribution is 6.24. The smallest absolute Gasteiger partial charge is 0.471 e. The van der Waals surface area contributed by atoms with Gasteiger partial charge in [0.1, 0.15) is 11.8 Å². The second kappa shape index (κ2) is 13.1. The molecule has 0 radical (unpaired) electrons. The Bertz CT molecular complexity index is 1140. The molecule has 1 aromatic rings. The zero-order valence-corrected chi connectivity index (χ0v) is 20.4. The van der Waals surface area contributed by atoms with E-state index in [1.165, 1.54) is 18.2 Å². The van der Waals surface area contributed by atoms with Gasteiger partial charge in [0, 0.05) is 19.5 Å². The van der Waals surface area contributed by atoms with E-state index in [1.807, 2.05) is 0 Å². The molecule has 0 saturated carbocycles. The Balaban J connectivity index is 1.35. The van der Waals surface area contributed by atoms with E-state index in [9.17, 15) is 41.9 Å². The summed E-state index contributed by atoms with van der Waals surface area (Å²) in [6.45, 7) is -0.596. The van der Waals surface area contributed by atoms with Crippen LogP contribution in [0, 0.1) is 0 Å². The number of carbonyl (C=O) groups excluding carboxylic acids is 6. The standard InChI is InChI=1S/C23H25F3N4O9/c24-23(25,26)22(36)28-7-9-38-11-10-37-8-6-27-17(32)12-39-15-3-1-2-13-18(15)21(35)30(20(13)34)14-4-5-16(31)29-19(14)33/h1-3,14H,4-12H2,(H,27,32)(H,28,36)(H,29,31,33). The molecule has 0 aromatic heterocycles. The summed E-state index contributed by atoms with van der Waals surface area (Å²) in [6, 6.07) is 3.13. The van der Waals surface area contributed by atoms with Gasteiger partial charge in [-0.25, -0.2) is 0 Å². The molecule has 3 N–H and O–H groups in total. The Kier molecular flexibility index (Phi) is 9.95. The van der Waals surface area contributed by atoms with Crippen molar-refractivity contribution in [2.75, 3.05) is 46.1 Å². The van der Waals surface area contributed by atoms with Crippen LogP contribution in [-0.4, -0.2) is 98.7 Å². The zero-order valence-electron chi connectivity index (χ0n) is 20.4. The first-order valence-electron chi connectivity index (χ1n) is 11.7. The predicted molar refractivity (Wildman–Crippen MR) is 122 cm³/mol. The van der Waals surface area contributed by atoms with E-state index in [1.54, 1.807) is 5.32 Å². The molecule has 1 unspecified atom stereocenters. The molecule has 2 aliphatic rings. The monoisotopic (exact) mass is 558 g/mol. The summed E-state index contributed by atoms with van der Waals surface area (Å²) in [4.78, 5) is 72.9. The minimum atomic E-state index is -4.95. The average molecular weight is 558 g/mol. The summed E-state index contributed by atoms with van der Waals surface area (Å²) < 4.78 is 51.7. The third-order valence-corrected chi connectivity index (χ3v) is 5.52. The first-order chi connectivity index (χ1) is 18.5. The van der Waals surface area contributed by atoms with Crippen LogP contribution in [0.1, 0.15) is 33.6 Å². The van der Waals surface area contributed by atoms with E-state index >= 15 is 0 Å². The van der Waals surface area contributed by atoms with Gasteiger partial charge in [0.2, 0.25) is 11.8 Å². The van der Waals surface area contributed by atoms with Crippen molar-refractivity contribution in [3.8, 4) is 5.75 Å². The van der Waals surface area contributed by atoms with Gasteiger partial charge in [-0.05, 0) is 18.6 Å². The molecular weight excluding hydrogens is 533 g/mol. The lowest BCUT2D eigenvalue weighted by Gasteiger charge is -2.27. The van der Waals surface area contributed by atoms with Crippen LogP contribution in [0.5, 0.6) is 5.75 Å². The van der Waals surface area contributed by atoms with Crippen molar-refractivity contribution in [1.29, 1.82) is 0 Å². The molecule has 1 fully saturated rings. The van der Waals surface area contributed by atoms with Crippen LogP contribution in [0.4, 0.5) is 13.2 Å². The molecule has 3 rings (SSSR count). The van der Waals surface area contributed by atoms with E-state index in [0.717, 1.165) is 4.90 Å². The number of halogens is 3. The summed E-state index contributed by atoms with van der Waals surface area (Å²) in [5.74, 6) is -5.32. The number of alkyl halides is 3. The summed E-state index contributed by atoms with van der Waals surface area (Å²) in [6.07, 6.45) is -4.96. The Morgan fingerprint density at radius 1 is 0.974 bits per heavy atom. The average Bonchev–Trinajstić information content (AvgIpc) is 3.13. The Hall–Kier alpha value is -4.05. The minimum Gasteiger partial charge on any atom is -0.483 e. The fourth-order valence-electron chi connectivity index (χ4n) is 3.72. The molecule has 39 heavy (non-hydrogen) atoms. The van der Waals surface area contributed by atoms with Gasteiger partial charge in [-0.3, -0.25) is 39.0 Å². The molecule has 0 aliphatic carbocycles. The Morgan fingerprint density at radius 2 is 1.64 bits per heavy atom. The molecule has 6 amide bonds. The first-order valence-corrected chi connectivity index (χ1v) is 11.7. The molecule has 16 heteroatoms. The van der Waals surface area contributed by atoms with E-state index in [4.69, 9.17) is 14.2 Å². The van der Waals surface area contributed by atoms with Crippen LogP contribution in [0.3, 0.4) is 0 Å². The maximum Gasteiger partial charge on any atom is 0.471 e. The van der Waals surface area contributed by atoms with Crippen molar-refractivity contribution in [2.45, 2.75) is 25.1 Å². The second-order valence-corrected chi connectivity index (χ2v) is 8.24. The molecule has 1 aromatic carbocycles. The highest BCUT2D eigenvalue weighted by Gasteiger charge is 2.46. The van der Waals surface area contributed by atoms with Crippen molar-refractivity contribution in [3.05, 3.63) is 29.3 Å². The number of nitrogens with one attached hydrogen (secondary N) is 3. The molecule has 0 spiro atoms. The highest BCUT2D eigenvalue weighted by atomic mass is 19.4. The second-order valence-electron chi connectivity index (χ2n) is 8.24. The minimum absolute atomic E-state index is 0.00308. The lowest BCUT2D eigenvalue weighted by Crippen LogP contribution is -2.54. The zero-order chi connectivity index (χ0) is 28.6.